The highest BCUT2D eigenvalue weighted by atomic mass is 79.9. The third-order valence-electron chi connectivity index (χ3n) is 4.90. The van der Waals surface area contributed by atoms with Crippen LogP contribution in [0.15, 0.2) is 29.3 Å². The van der Waals surface area contributed by atoms with Gasteiger partial charge >= 0.3 is 6.03 Å². The number of carbonyl (C=O) groups is 2. The van der Waals surface area contributed by atoms with Crippen molar-refractivity contribution in [1.29, 1.82) is 0 Å². The summed E-state index contributed by atoms with van der Waals surface area (Å²) in [7, 11) is 3.17. The molecule has 0 aromatic heterocycles. The molecular formula is C21H32BrN3O3. The van der Waals surface area contributed by atoms with E-state index in [9.17, 15) is 9.59 Å². The largest absolute Gasteiger partial charge is 0.508 e. The Kier molecular flexibility index (Phi) is 9.65. The number of rotatable bonds is 5. The fourth-order valence-electron chi connectivity index (χ4n) is 2.78. The van der Waals surface area contributed by atoms with Crippen molar-refractivity contribution in [2.75, 3.05) is 14.1 Å². The van der Waals surface area contributed by atoms with Gasteiger partial charge in [-0.25, -0.2) is 4.79 Å². The van der Waals surface area contributed by atoms with E-state index in [0.717, 1.165) is 28.8 Å². The lowest BCUT2D eigenvalue weighted by molar-refractivity contribution is -0.136. The number of phenolic OH excluding ortho intramolecular Hbond substituents is 1. The van der Waals surface area contributed by atoms with Crippen LogP contribution in [0.2, 0.25) is 0 Å². The van der Waals surface area contributed by atoms with Gasteiger partial charge in [-0.15, -0.1) is 0 Å². The Labute approximate surface area is 176 Å². The lowest BCUT2D eigenvalue weighted by Gasteiger charge is -2.38. The summed E-state index contributed by atoms with van der Waals surface area (Å²) in [6.45, 7) is 8.07. The van der Waals surface area contributed by atoms with Crippen molar-refractivity contribution in [2.45, 2.75) is 53.1 Å². The average Bonchev–Trinajstić information content (AvgIpc) is 2.69. The van der Waals surface area contributed by atoms with Crippen molar-refractivity contribution in [2.24, 2.45) is 16.8 Å². The molecule has 6 nitrogen and oxygen atoms in total. The van der Waals surface area contributed by atoms with Crippen molar-refractivity contribution in [1.82, 2.24) is 9.80 Å². The van der Waals surface area contributed by atoms with Crippen LogP contribution in [0.3, 0.4) is 0 Å². The number of amides is 3. The zero-order valence-corrected chi connectivity index (χ0v) is 19.2. The summed E-state index contributed by atoms with van der Waals surface area (Å²) >= 11 is 3.44. The van der Waals surface area contributed by atoms with Gasteiger partial charge in [0.1, 0.15) is 11.9 Å². The third kappa shape index (κ3) is 6.33. The van der Waals surface area contributed by atoms with Gasteiger partial charge in [-0.1, -0.05) is 39.3 Å². The van der Waals surface area contributed by atoms with Crippen molar-refractivity contribution in [3.05, 3.63) is 29.8 Å². The first-order chi connectivity index (χ1) is 13.1. The molecule has 3 unspecified atom stereocenters. The van der Waals surface area contributed by atoms with E-state index in [1.165, 1.54) is 17.5 Å². The Morgan fingerprint density at radius 2 is 1.79 bits per heavy atom. The summed E-state index contributed by atoms with van der Waals surface area (Å²) < 4.78 is 0.804. The normalized spacial score (nSPS) is 21.3. The van der Waals surface area contributed by atoms with Gasteiger partial charge in [0.15, 0.2) is 0 Å². The number of benzene rings is 1. The summed E-state index contributed by atoms with van der Waals surface area (Å²) in [4.78, 5) is 30.9. The minimum absolute atomic E-state index is 0.184. The molecule has 1 aliphatic heterocycles. The van der Waals surface area contributed by atoms with Crippen molar-refractivity contribution in [3.8, 4) is 5.75 Å². The fourth-order valence-corrected chi connectivity index (χ4v) is 3.32. The van der Waals surface area contributed by atoms with E-state index in [1.807, 2.05) is 12.1 Å². The number of hydrogen-bond acceptors (Lipinski definition) is 4. The monoisotopic (exact) mass is 453 g/mol. The van der Waals surface area contributed by atoms with Gasteiger partial charge in [0.05, 0.1) is 10.5 Å². The van der Waals surface area contributed by atoms with Crippen LogP contribution in [0.5, 0.6) is 5.75 Å². The van der Waals surface area contributed by atoms with E-state index in [4.69, 9.17) is 5.11 Å². The SMILES string of the molecule is CCC(C)/C(Br)=N\C1C(C)C(=O)N(C)C(=O)N1C.CCCc1ccc(O)cc1. The average molecular weight is 454 g/mol. The predicted molar refractivity (Wildman–Crippen MR) is 117 cm³/mol. The Morgan fingerprint density at radius 1 is 1.21 bits per heavy atom. The number of nitrogens with zero attached hydrogens (tertiary/aromatic N) is 3. The van der Waals surface area contributed by atoms with Crippen LogP contribution in [-0.2, 0) is 11.2 Å². The van der Waals surface area contributed by atoms with Crippen LogP contribution in [0.4, 0.5) is 4.79 Å². The minimum Gasteiger partial charge on any atom is -0.508 e. The van der Waals surface area contributed by atoms with Crippen LogP contribution < -0.4 is 0 Å². The fraction of sp³-hybridized carbons (Fsp3) is 0.571. The number of phenols is 1. The predicted octanol–water partition coefficient (Wildman–Crippen LogP) is 4.66. The molecule has 3 amide bonds. The molecule has 0 bridgehead atoms. The molecule has 0 saturated carbocycles. The van der Waals surface area contributed by atoms with Crippen molar-refractivity contribution >= 4 is 32.5 Å². The summed E-state index contributed by atoms with van der Waals surface area (Å²) in [5.41, 5.74) is 1.29. The Morgan fingerprint density at radius 3 is 2.29 bits per heavy atom. The molecular weight excluding hydrogens is 422 g/mol. The maximum atomic E-state index is 11.9. The highest BCUT2D eigenvalue weighted by Crippen LogP contribution is 2.23. The van der Waals surface area contributed by atoms with Gasteiger partial charge in [-0.05, 0) is 53.4 Å². The summed E-state index contributed by atoms with van der Waals surface area (Å²) in [6, 6.07) is 7.06. The molecule has 2 rings (SSSR count). The van der Waals surface area contributed by atoms with Gasteiger partial charge in [-0.2, -0.15) is 0 Å². The van der Waals surface area contributed by atoms with E-state index in [-0.39, 0.29) is 23.8 Å². The highest BCUT2D eigenvalue weighted by molar-refractivity contribution is 9.18. The summed E-state index contributed by atoms with van der Waals surface area (Å²) in [5.74, 6) is 0.126. The molecule has 3 atom stereocenters. The first-order valence-electron chi connectivity index (χ1n) is 9.69. The maximum Gasteiger partial charge on any atom is 0.327 e. The quantitative estimate of drug-likeness (QED) is 0.658. The van der Waals surface area contributed by atoms with E-state index in [0.29, 0.717) is 5.75 Å². The number of hydrogen-bond donors (Lipinski definition) is 1. The molecule has 0 radical (unpaired) electrons. The molecule has 1 heterocycles. The summed E-state index contributed by atoms with van der Waals surface area (Å²) in [5, 5.41) is 8.92. The van der Waals surface area contributed by atoms with Crippen LogP contribution in [-0.4, -0.2) is 51.7 Å². The van der Waals surface area contributed by atoms with Crippen LogP contribution in [0.25, 0.3) is 0 Å². The molecule has 1 aromatic carbocycles. The van der Waals surface area contributed by atoms with E-state index < -0.39 is 6.17 Å². The molecule has 0 spiro atoms. The first kappa shape index (κ1) is 24.1. The second-order valence-electron chi connectivity index (χ2n) is 7.17. The number of carbonyl (C=O) groups excluding carboxylic acids is 2. The number of aryl methyl sites for hydroxylation is 1. The molecule has 0 aliphatic carbocycles. The number of halogens is 1. The standard InChI is InChI=1S/C12H20BrN3O2.C9H12O/c1-6-7(2)9(13)14-10-8(3)11(17)16(5)12(18)15(10)4;1-2-3-8-4-6-9(10)7-5-8/h7-8,10H,6H2,1-5H3;4-7,10H,2-3H2,1H3/b14-9+;. The highest BCUT2D eigenvalue weighted by Gasteiger charge is 2.40. The second-order valence-corrected chi connectivity index (χ2v) is 7.98. The van der Waals surface area contributed by atoms with Gasteiger partial charge in [0.25, 0.3) is 0 Å². The number of imide groups is 1. The third-order valence-corrected chi connectivity index (χ3v) is 5.89. The lowest BCUT2D eigenvalue weighted by Crippen LogP contribution is -2.57. The second kappa shape index (κ2) is 11.2. The molecule has 28 heavy (non-hydrogen) atoms. The lowest BCUT2D eigenvalue weighted by atomic mass is 10.0. The van der Waals surface area contributed by atoms with Gasteiger partial charge < -0.3 is 10.0 Å². The van der Waals surface area contributed by atoms with Crippen LogP contribution in [0.1, 0.15) is 46.1 Å². The Balaban J connectivity index is 0.000000330. The molecule has 1 aromatic rings. The summed E-state index contributed by atoms with van der Waals surface area (Å²) in [6.07, 6.45) is 2.78. The Bertz CT molecular complexity index is 669. The number of urea groups is 1. The molecule has 156 valence electrons. The van der Waals surface area contributed by atoms with E-state index in [1.54, 1.807) is 26.1 Å². The van der Waals surface area contributed by atoms with Gasteiger partial charge in [-0.3, -0.25) is 14.7 Å². The van der Waals surface area contributed by atoms with Gasteiger partial charge in [0.2, 0.25) is 5.91 Å². The first-order valence-corrected chi connectivity index (χ1v) is 10.5. The molecule has 7 heteroatoms. The maximum absolute atomic E-state index is 11.9. The smallest absolute Gasteiger partial charge is 0.327 e. The molecule has 1 aliphatic rings. The molecule has 1 N–H and O–H groups in total. The Hall–Kier alpha value is -1.89. The molecule has 1 saturated heterocycles. The number of aliphatic imine (C=N–C) groups is 1. The zero-order valence-electron chi connectivity index (χ0n) is 17.6. The zero-order chi connectivity index (χ0) is 21.4. The van der Waals surface area contributed by atoms with Gasteiger partial charge in [0, 0.05) is 20.0 Å². The number of aromatic hydroxyl groups is 1. The van der Waals surface area contributed by atoms with Crippen molar-refractivity contribution in [3.63, 3.8) is 0 Å². The van der Waals surface area contributed by atoms with Crippen LogP contribution in [0, 0.1) is 11.8 Å². The minimum atomic E-state index is -0.426. The topological polar surface area (TPSA) is 73.2 Å². The molecule has 1 fully saturated rings. The van der Waals surface area contributed by atoms with E-state index >= 15 is 0 Å². The van der Waals surface area contributed by atoms with E-state index in [2.05, 4.69) is 41.7 Å². The van der Waals surface area contributed by atoms with Crippen molar-refractivity contribution < 1.29 is 14.7 Å². The van der Waals surface area contributed by atoms with Crippen LogP contribution >= 0.6 is 15.9 Å².